The van der Waals surface area contributed by atoms with Crippen LogP contribution in [0.5, 0.6) is 0 Å². The first-order valence-electron chi connectivity index (χ1n) is 7.81. The van der Waals surface area contributed by atoms with Crippen molar-refractivity contribution in [2.45, 2.75) is 56.7 Å². The zero-order valence-electron chi connectivity index (χ0n) is 12.6. The summed E-state index contributed by atoms with van der Waals surface area (Å²) in [6, 6.07) is 9.30. The molecule has 0 radical (unpaired) electrons. The molecule has 0 aromatic heterocycles. The van der Waals surface area contributed by atoms with E-state index in [0.717, 1.165) is 18.7 Å². The molecule has 0 amide bonds. The van der Waals surface area contributed by atoms with Crippen molar-refractivity contribution in [1.29, 1.82) is 0 Å². The number of ether oxygens (including phenoxy) is 1. The number of nitrogens with two attached hydrogens (primary N) is 1. The molecule has 1 heterocycles. The summed E-state index contributed by atoms with van der Waals surface area (Å²) in [5, 5.41) is 0. The minimum absolute atomic E-state index is 0.215. The molecule has 1 aromatic carbocycles. The van der Waals surface area contributed by atoms with Crippen LogP contribution in [0.25, 0.3) is 0 Å². The van der Waals surface area contributed by atoms with Crippen LogP contribution >= 0.6 is 0 Å². The van der Waals surface area contributed by atoms with Crippen molar-refractivity contribution in [3.05, 3.63) is 29.8 Å². The first kappa shape index (κ1) is 13.9. The highest BCUT2D eigenvalue weighted by molar-refractivity contribution is 5.41. The van der Waals surface area contributed by atoms with Gasteiger partial charge in [-0.3, -0.25) is 4.90 Å². The van der Waals surface area contributed by atoms with Gasteiger partial charge in [0.1, 0.15) is 0 Å². The van der Waals surface area contributed by atoms with E-state index in [1.807, 2.05) is 12.1 Å². The lowest BCUT2D eigenvalue weighted by molar-refractivity contribution is -0.149. The standard InChI is InChI=1S/C17H26N2O/c1-13(14-5-3-6-15(18)11-14)19(2)16-7-10-20-17(12-16)8-4-9-17/h3,5-6,11,13,16H,4,7-10,12,18H2,1-2H3. The normalized spacial score (nSPS) is 26.4. The van der Waals surface area contributed by atoms with Crippen LogP contribution in [-0.4, -0.2) is 30.2 Å². The fourth-order valence-electron chi connectivity index (χ4n) is 3.64. The number of nitrogens with zero attached hydrogens (tertiary/aromatic N) is 1. The SMILES string of the molecule is CC(c1cccc(N)c1)N(C)C1CCOC2(CCC2)C1. The summed E-state index contributed by atoms with van der Waals surface area (Å²) in [4.78, 5) is 2.51. The smallest absolute Gasteiger partial charge is 0.0697 e. The Morgan fingerprint density at radius 3 is 2.85 bits per heavy atom. The number of nitrogen functional groups attached to an aromatic ring is 1. The summed E-state index contributed by atoms with van der Waals surface area (Å²) >= 11 is 0. The van der Waals surface area contributed by atoms with Gasteiger partial charge in [0, 0.05) is 24.4 Å². The van der Waals surface area contributed by atoms with Gasteiger partial charge in [0.2, 0.25) is 0 Å². The van der Waals surface area contributed by atoms with Crippen molar-refractivity contribution in [1.82, 2.24) is 4.90 Å². The van der Waals surface area contributed by atoms with Gasteiger partial charge in [-0.2, -0.15) is 0 Å². The maximum atomic E-state index is 6.04. The molecule has 2 fully saturated rings. The number of rotatable bonds is 3. The predicted octanol–water partition coefficient (Wildman–Crippen LogP) is 3.36. The summed E-state index contributed by atoms with van der Waals surface area (Å²) in [7, 11) is 2.25. The molecule has 0 bridgehead atoms. The average molecular weight is 274 g/mol. The number of anilines is 1. The van der Waals surface area contributed by atoms with Gasteiger partial charge in [0.05, 0.1) is 5.60 Å². The van der Waals surface area contributed by atoms with E-state index in [4.69, 9.17) is 10.5 Å². The van der Waals surface area contributed by atoms with Gasteiger partial charge in [-0.1, -0.05) is 12.1 Å². The van der Waals surface area contributed by atoms with Gasteiger partial charge >= 0.3 is 0 Å². The third-order valence-electron chi connectivity index (χ3n) is 5.31. The second-order valence-electron chi connectivity index (χ2n) is 6.54. The zero-order valence-corrected chi connectivity index (χ0v) is 12.6. The summed E-state index contributed by atoms with van der Waals surface area (Å²) in [6.07, 6.45) is 6.18. The molecule has 20 heavy (non-hydrogen) atoms. The van der Waals surface area contributed by atoms with Gasteiger partial charge in [-0.15, -0.1) is 0 Å². The van der Waals surface area contributed by atoms with Gasteiger partial charge in [-0.05, 0) is 63.8 Å². The molecule has 2 atom stereocenters. The second-order valence-corrected chi connectivity index (χ2v) is 6.54. The van der Waals surface area contributed by atoms with E-state index < -0.39 is 0 Å². The Morgan fingerprint density at radius 1 is 1.40 bits per heavy atom. The average Bonchev–Trinajstić information content (AvgIpc) is 2.44. The number of hydrogen-bond acceptors (Lipinski definition) is 3. The van der Waals surface area contributed by atoms with Crippen LogP contribution in [-0.2, 0) is 4.74 Å². The molecule has 1 saturated heterocycles. The minimum atomic E-state index is 0.215. The molecule has 1 aliphatic heterocycles. The lowest BCUT2D eigenvalue weighted by Crippen LogP contribution is -2.51. The number of benzene rings is 1. The molecular formula is C17H26N2O. The van der Waals surface area contributed by atoms with Crippen molar-refractivity contribution >= 4 is 5.69 Å². The highest BCUT2D eigenvalue weighted by Crippen LogP contribution is 2.44. The second kappa shape index (κ2) is 5.38. The summed E-state index contributed by atoms with van der Waals surface area (Å²) < 4.78 is 6.04. The first-order valence-corrected chi connectivity index (χ1v) is 7.81. The Balaban J connectivity index is 1.69. The van der Waals surface area contributed by atoms with Crippen molar-refractivity contribution < 1.29 is 4.74 Å². The third kappa shape index (κ3) is 2.57. The summed E-state index contributed by atoms with van der Waals surface area (Å²) in [6.45, 7) is 3.19. The highest BCUT2D eigenvalue weighted by Gasteiger charge is 2.43. The van der Waals surface area contributed by atoms with E-state index in [0.29, 0.717) is 12.1 Å². The van der Waals surface area contributed by atoms with Crippen LogP contribution < -0.4 is 5.73 Å². The maximum absolute atomic E-state index is 6.04. The van der Waals surface area contributed by atoms with Crippen molar-refractivity contribution in [3.63, 3.8) is 0 Å². The van der Waals surface area contributed by atoms with Crippen LogP contribution in [0, 0.1) is 0 Å². The lowest BCUT2D eigenvalue weighted by atomic mass is 9.73. The topological polar surface area (TPSA) is 38.5 Å². The van der Waals surface area contributed by atoms with E-state index >= 15 is 0 Å². The molecule has 1 aromatic rings. The summed E-state index contributed by atoms with van der Waals surface area (Å²) in [5.41, 5.74) is 8.28. The zero-order chi connectivity index (χ0) is 14.2. The monoisotopic (exact) mass is 274 g/mol. The van der Waals surface area contributed by atoms with Gasteiger partial charge in [0.25, 0.3) is 0 Å². The molecule has 1 spiro atoms. The van der Waals surface area contributed by atoms with Crippen molar-refractivity contribution in [2.24, 2.45) is 0 Å². The molecule has 3 rings (SSSR count). The third-order valence-corrected chi connectivity index (χ3v) is 5.31. The number of hydrogen-bond donors (Lipinski definition) is 1. The highest BCUT2D eigenvalue weighted by atomic mass is 16.5. The van der Waals surface area contributed by atoms with Gasteiger partial charge in [-0.25, -0.2) is 0 Å². The Morgan fingerprint density at radius 2 is 2.20 bits per heavy atom. The molecular weight excluding hydrogens is 248 g/mol. The fourth-order valence-corrected chi connectivity index (χ4v) is 3.64. The van der Waals surface area contributed by atoms with E-state index in [1.54, 1.807) is 0 Å². The molecule has 2 unspecified atom stereocenters. The molecule has 1 aliphatic carbocycles. The molecule has 110 valence electrons. The van der Waals surface area contributed by atoms with Crippen LogP contribution in [0.1, 0.15) is 50.6 Å². The Kier molecular flexibility index (Phi) is 3.74. The van der Waals surface area contributed by atoms with Crippen molar-refractivity contribution in [3.8, 4) is 0 Å². The Bertz CT molecular complexity index is 470. The van der Waals surface area contributed by atoms with E-state index in [2.05, 4.69) is 31.0 Å². The molecule has 2 N–H and O–H groups in total. The van der Waals surface area contributed by atoms with Gasteiger partial charge < -0.3 is 10.5 Å². The predicted molar refractivity (Wildman–Crippen MR) is 82.6 cm³/mol. The maximum Gasteiger partial charge on any atom is 0.0697 e. The molecule has 3 nitrogen and oxygen atoms in total. The molecule has 2 aliphatic rings. The van der Waals surface area contributed by atoms with E-state index in [-0.39, 0.29) is 5.60 Å². The van der Waals surface area contributed by atoms with Crippen LogP contribution in [0.2, 0.25) is 0 Å². The molecule has 1 saturated carbocycles. The Hall–Kier alpha value is -1.06. The summed E-state index contributed by atoms with van der Waals surface area (Å²) in [5.74, 6) is 0. The van der Waals surface area contributed by atoms with E-state index in [9.17, 15) is 0 Å². The van der Waals surface area contributed by atoms with Gasteiger partial charge in [0.15, 0.2) is 0 Å². The minimum Gasteiger partial charge on any atom is -0.399 e. The molecule has 3 heteroatoms. The largest absolute Gasteiger partial charge is 0.399 e. The fraction of sp³-hybridized carbons (Fsp3) is 0.647. The van der Waals surface area contributed by atoms with E-state index in [1.165, 1.54) is 31.2 Å². The van der Waals surface area contributed by atoms with Crippen LogP contribution in [0.15, 0.2) is 24.3 Å². The quantitative estimate of drug-likeness (QED) is 0.859. The first-order chi connectivity index (χ1) is 9.60. The van der Waals surface area contributed by atoms with Crippen LogP contribution in [0.4, 0.5) is 5.69 Å². The Labute approximate surface area is 122 Å². The van der Waals surface area contributed by atoms with Crippen LogP contribution in [0.3, 0.4) is 0 Å². The lowest BCUT2D eigenvalue weighted by Gasteiger charge is -2.50. The van der Waals surface area contributed by atoms with Crippen molar-refractivity contribution in [2.75, 3.05) is 19.4 Å².